The van der Waals surface area contributed by atoms with Crippen molar-refractivity contribution in [3.8, 4) is 17.0 Å². The Hall–Kier alpha value is -2.34. The predicted molar refractivity (Wildman–Crippen MR) is 111 cm³/mol. The zero-order valence-electron chi connectivity index (χ0n) is 15.5. The summed E-state index contributed by atoms with van der Waals surface area (Å²) in [6, 6.07) is 12.2. The van der Waals surface area contributed by atoms with Crippen molar-refractivity contribution >= 4 is 33.0 Å². The van der Waals surface area contributed by atoms with Crippen LogP contribution < -0.4 is 10.1 Å². The summed E-state index contributed by atoms with van der Waals surface area (Å²) in [6.07, 6.45) is 4.87. The van der Waals surface area contributed by atoms with Crippen molar-refractivity contribution in [1.82, 2.24) is 9.61 Å². The number of rotatable bonds is 5. The number of nitrogens with zero attached hydrogens (tertiary/aromatic N) is 2. The van der Waals surface area contributed by atoms with Crippen molar-refractivity contribution in [2.75, 3.05) is 12.4 Å². The molecule has 1 aliphatic carbocycles. The second kappa shape index (κ2) is 7.35. The van der Waals surface area contributed by atoms with Crippen molar-refractivity contribution in [3.05, 3.63) is 46.4 Å². The molecule has 0 radical (unpaired) electrons. The van der Waals surface area contributed by atoms with E-state index in [1.165, 1.54) is 25.7 Å². The van der Waals surface area contributed by atoms with E-state index in [0.29, 0.717) is 17.3 Å². The Kier molecular flexibility index (Phi) is 4.91. The van der Waals surface area contributed by atoms with Crippen LogP contribution in [-0.2, 0) is 0 Å². The number of hydrogen-bond acceptors (Lipinski definition) is 4. The van der Waals surface area contributed by atoms with Crippen LogP contribution in [0.1, 0.15) is 43.0 Å². The highest BCUT2D eigenvalue weighted by molar-refractivity contribution is 9.10. The van der Waals surface area contributed by atoms with E-state index in [9.17, 15) is 4.79 Å². The number of carbonyl (C=O) groups excluding carboxylic acids is 1. The number of methoxy groups -OCH3 is 1. The molecule has 1 N–H and O–H groups in total. The van der Waals surface area contributed by atoms with E-state index >= 15 is 0 Å². The molecule has 1 saturated carbocycles. The third-order valence-corrected chi connectivity index (χ3v) is 5.76. The fraction of sp³-hybridized carbons (Fsp3) is 0.333. The second-order valence-corrected chi connectivity index (χ2v) is 7.82. The zero-order valence-corrected chi connectivity index (χ0v) is 17.0. The van der Waals surface area contributed by atoms with Gasteiger partial charge in [0.25, 0.3) is 0 Å². The van der Waals surface area contributed by atoms with Gasteiger partial charge in [-0.05, 0) is 66.0 Å². The molecular weight excluding hydrogens is 406 g/mol. The van der Waals surface area contributed by atoms with Gasteiger partial charge in [-0.25, -0.2) is 4.52 Å². The number of benzene rings is 1. The lowest BCUT2D eigenvalue weighted by Crippen LogP contribution is -2.17. The molecule has 1 fully saturated rings. The SMILES string of the molecule is COc1ccc(-c2nn3c(NC4CCCC4)cccc3c2C(C)=O)cc1Br. The lowest BCUT2D eigenvalue weighted by atomic mass is 10.0. The molecule has 2 heterocycles. The highest BCUT2D eigenvalue weighted by atomic mass is 79.9. The molecule has 0 aliphatic heterocycles. The van der Waals surface area contributed by atoms with E-state index in [1.807, 2.05) is 40.9 Å². The van der Waals surface area contributed by atoms with Gasteiger partial charge < -0.3 is 10.1 Å². The van der Waals surface area contributed by atoms with E-state index in [0.717, 1.165) is 27.1 Å². The van der Waals surface area contributed by atoms with Crippen LogP contribution in [0.5, 0.6) is 5.75 Å². The molecule has 0 spiro atoms. The van der Waals surface area contributed by atoms with Gasteiger partial charge in [0.1, 0.15) is 17.3 Å². The average molecular weight is 428 g/mol. The van der Waals surface area contributed by atoms with Crippen LogP contribution in [0.3, 0.4) is 0 Å². The van der Waals surface area contributed by atoms with Crippen LogP contribution in [0, 0.1) is 0 Å². The van der Waals surface area contributed by atoms with Gasteiger partial charge in [-0.3, -0.25) is 4.79 Å². The summed E-state index contributed by atoms with van der Waals surface area (Å²) in [5.41, 5.74) is 3.03. The van der Waals surface area contributed by atoms with Crippen LogP contribution in [0.2, 0.25) is 0 Å². The zero-order chi connectivity index (χ0) is 19.0. The first-order chi connectivity index (χ1) is 13.1. The highest BCUT2D eigenvalue weighted by Crippen LogP contribution is 2.34. The minimum absolute atomic E-state index is 0.00459. The number of halogens is 1. The number of nitrogens with one attached hydrogen (secondary N) is 1. The van der Waals surface area contributed by atoms with Crippen molar-refractivity contribution < 1.29 is 9.53 Å². The first-order valence-corrected chi connectivity index (χ1v) is 10.0. The molecule has 1 aliphatic rings. The van der Waals surface area contributed by atoms with Gasteiger partial charge in [0.15, 0.2) is 5.78 Å². The van der Waals surface area contributed by atoms with Crippen molar-refractivity contribution in [3.63, 3.8) is 0 Å². The predicted octanol–water partition coefficient (Wildman–Crippen LogP) is 5.33. The molecule has 3 aromatic rings. The molecule has 0 bridgehead atoms. The summed E-state index contributed by atoms with van der Waals surface area (Å²) >= 11 is 3.53. The van der Waals surface area contributed by atoms with Gasteiger partial charge in [-0.1, -0.05) is 18.9 Å². The maximum absolute atomic E-state index is 12.5. The van der Waals surface area contributed by atoms with Gasteiger partial charge in [-0.15, -0.1) is 0 Å². The minimum atomic E-state index is 0.00459. The van der Waals surface area contributed by atoms with Crippen molar-refractivity contribution in [1.29, 1.82) is 0 Å². The number of carbonyl (C=O) groups is 1. The lowest BCUT2D eigenvalue weighted by molar-refractivity contribution is 0.102. The summed E-state index contributed by atoms with van der Waals surface area (Å²) < 4.78 is 8.01. The van der Waals surface area contributed by atoms with Gasteiger partial charge in [0.05, 0.1) is 22.7 Å². The van der Waals surface area contributed by atoms with Crippen LogP contribution in [-0.4, -0.2) is 28.5 Å². The van der Waals surface area contributed by atoms with Gasteiger partial charge in [0.2, 0.25) is 0 Å². The molecule has 27 heavy (non-hydrogen) atoms. The van der Waals surface area contributed by atoms with Gasteiger partial charge >= 0.3 is 0 Å². The molecule has 4 rings (SSSR count). The Morgan fingerprint density at radius 1 is 1.26 bits per heavy atom. The Bertz CT molecular complexity index is 1010. The van der Waals surface area contributed by atoms with Gasteiger partial charge in [0, 0.05) is 11.6 Å². The number of ether oxygens (including phenoxy) is 1. The summed E-state index contributed by atoms with van der Waals surface area (Å²) in [7, 11) is 1.63. The third-order valence-electron chi connectivity index (χ3n) is 5.14. The van der Waals surface area contributed by atoms with E-state index < -0.39 is 0 Å². The van der Waals surface area contributed by atoms with E-state index in [2.05, 4.69) is 21.2 Å². The monoisotopic (exact) mass is 427 g/mol. The number of ketones is 1. The molecule has 0 saturated heterocycles. The summed E-state index contributed by atoms with van der Waals surface area (Å²) in [5.74, 6) is 1.68. The molecule has 0 atom stereocenters. The Morgan fingerprint density at radius 3 is 2.70 bits per heavy atom. The molecular formula is C21H22BrN3O2. The molecule has 0 amide bonds. The molecule has 1 aromatic carbocycles. The topological polar surface area (TPSA) is 55.6 Å². The number of aromatic nitrogens is 2. The van der Waals surface area contributed by atoms with E-state index in [-0.39, 0.29) is 5.78 Å². The Balaban J connectivity index is 1.86. The van der Waals surface area contributed by atoms with E-state index in [4.69, 9.17) is 9.84 Å². The van der Waals surface area contributed by atoms with Crippen LogP contribution in [0.15, 0.2) is 40.9 Å². The third kappa shape index (κ3) is 3.34. The summed E-state index contributed by atoms with van der Waals surface area (Å²) in [5, 5.41) is 8.42. The summed E-state index contributed by atoms with van der Waals surface area (Å²) in [6.45, 7) is 1.59. The maximum Gasteiger partial charge on any atom is 0.164 e. The summed E-state index contributed by atoms with van der Waals surface area (Å²) in [4.78, 5) is 12.5. The molecule has 0 unspecified atom stereocenters. The quantitative estimate of drug-likeness (QED) is 0.559. The smallest absolute Gasteiger partial charge is 0.164 e. The molecule has 5 nitrogen and oxygen atoms in total. The minimum Gasteiger partial charge on any atom is -0.496 e. The Labute approximate surface area is 166 Å². The Morgan fingerprint density at radius 2 is 2.04 bits per heavy atom. The fourth-order valence-electron chi connectivity index (χ4n) is 3.82. The fourth-order valence-corrected chi connectivity index (χ4v) is 4.36. The second-order valence-electron chi connectivity index (χ2n) is 6.96. The van der Waals surface area contributed by atoms with Crippen LogP contribution >= 0.6 is 15.9 Å². The number of pyridine rings is 1. The molecule has 6 heteroatoms. The van der Waals surface area contributed by atoms with E-state index in [1.54, 1.807) is 14.0 Å². The highest BCUT2D eigenvalue weighted by Gasteiger charge is 2.22. The largest absolute Gasteiger partial charge is 0.496 e. The van der Waals surface area contributed by atoms with Gasteiger partial charge in [-0.2, -0.15) is 5.10 Å². The number of fused-ring (bicyclic) bond motifs is 1. The molecule has 140 valence electrons. The van der Waals surface area contributed by atoms with Crippen LogP contribution in [0.25, 0.3) is 16.8 Å². The maximum atomic E-state index is 12.5. The molecule has 2 aromatic heterocycles. The van der Waals surface area contributed by atoms with Crippen molar-refractivity contribution in [2.45, 2.75) is 38.6 Å². The first-order valence-electron chi connectivity index (χ1n) is 9.21. The average Bonchev–Trinajstić information content (AvgIpc) is 3.29. The standard InChI is InChI=1S/C21H22BrN3O2/c1-13(26)20-17-8-5-9-19(23-15-6-3-4-7-15)25(17)24-21(20)14-10-11-18(27-2)16(22)12-14/h5,8-12,15,23H,3-4,6-7H2,1-2H3. The number of hydrogen-bond donors (Lipinski definition) is 1. The lowest BCUT2D eigenvalue weighted by Gasteiger charge is -2.14. The normalized spacial score (nSPS) is 14.6. The first kappa shape index (κ1) is 18.0. The number of anilines is 1. The number of Topliss-reactive ketones (excluding diaryl/α,β-unsaturated/α-hetero) is 1. The van der Waals surface area contributed by atoms with Crippen molar-refractivity contribution in [2.24, 2.45) is 0 Å². The van der Waals surface area contributed by atoms with Crippen LogP contribution in [0.4, 0.5) is 5.82 Å².